The van der Waals surface area contributed by atoms with Crippen LogP contribution in [-0.4, -0.2) is 28.8 Å². The molecule has 4 nitrogen and oxygen atoms in total. The largest absolute Gasteiger partial charge is 0.381 e. The number of aryl methyl sites for hydroxylation is 1. The number of hydrogen-bond acceptors (Lipinski definition) is 3. The molecule has 0 amide bonds. The zero-order valence-corrected chi connectivity index (χ0v) is 12.1. The number of carbonyl (C=O) groups excluding carboxylic acids is 2. The summed E-state index contributed by atoms with van der Waals surface area (Å²) in [6.45, 7) is 2.24. The molecule has 1 aromatic heterocycles. The van der Waals surface area contributed by atoms with Crippen LogP contribution < -0.4 is 0 Å². The highest BCUT2D eigenvalue weighted by Gasteiger charge is 2.30. The molecule has 0 aliphatic carbocycles. The average molecular weight is 296 g/mol. The van der Waals surface area contributed by atoms with Crippen LogP contribution in [0, 0.1) is 0 Å². The standard InChI is InChI=1S/C15H18ClNO3/c16-15(19)14(18)13-12(10-4-7-20-8-5-10)9-11-3-1-2-6-17(11)13/h9-10H,1-8H2. The molecule has 1 aromatic rings. The number of aromatic nitrogens is 1. The van der Waals surface area contributed by atoms with E-state index in [1.54, 1.807) is 0 Å². The molecule has 0 radical (unpaired) electrons. The van der Waals surface area contributed by atoms with Gasteiger partial charge in [0.2, 0.25) is 0 Å². The minimum Gasteiger partial charge on any atom is -0.381 e. The third kappa shape index (κ3) is 2.42. The summed E-state index contributed by atoms with van der Waals surface area (Å²) in [5, 5.41) is -0.884. The van der Waals surface area contributed by atoms with Crippen molar-refractivity contribution >= 4 is 22.6 Å². The Bertz CT molecular complexity index is 544. The van der Waals surface area contributed by atoms with E-state index in [0.29, 0.717) is 24.8 Å². The van der Waals surface area contributed by atoms with E-state index in [4.69, 9.17) is 16.3 Å². The highest BCUT2D eigenvalue weighted by atomic mass is 35.5. The smallest absolute Gasteiger partial charge is 0.294 e. The van der Waals surface area contributed by atoms with Crippen LogP contribution in [0.2, 0.25) is 0 Å². The first kappa shape index (κ1) is 13.8. The first-order valence-electron chi connectivity index (χ1n) is 7.22. The van der Waals surface area contributed by atoms with E-state index in [1.807, 2.05) is 4.57 Å². The van der Waals surface area contributed by atoms with Gasteiger partial charge < -0.3 is 9.30 Å². The summed E-state index contributed by atoms with van der Waals surface area (Å²) in [4.78, 5) is 23.5. The lowest BCUT2D eigenvalue weighted by Crippen LogP contribution is -2.22. The molecule has 0 atom stereocenters. The van der Waals surface area contributed by atoms with E-state index in [0.717, 1.165) is 44.2 Å². The molecular formula is C15H18ClNO3. The van der Waals surface area contributed by atoms with Gasteiger partial charge in [-0.25, -0.2) is 0 Å². The van der Waals surface area contributed by atoms with Crippen molar-refractivity contribution in [3.8, 4) is 0 Å². The van der Waals surface area contributed by atoms with Crippen LogP contribution in [0.1, 0.15) is 53.3 Å². The Morgan fingerprint density at radius 2 is 2.00 bits per heavy atom. The zero-order valence-electron chi connectivity index (χ0n) is 11.4. The minimum absolute atomic E-state index is 0.303. The van der Waals surface area contributed by atoms with Crippen molar-refractivity contribution in [2.45, 2.75) is 44.6 Å². The Balaban J connectivity index is 2.05. The van der Waals surface area contributed by atoms with Crippen molar-refractivity contribution in [1.29, 1.82) is 0 Å². The molecular weight excluding hydrogens is 278 g/mol. The third-order valence-corrected chi connectivity index (χ3v) is 4.50. The second-order valence-electron chi connectivity index (χ2n) is 5.54. The molecule has 0 N–H and O–H groups in total. The highest BCUT2D eigenvalue weighted by molar-refractivity contribution is 6.83. The molecule has 108 valence electrons. The van der Waals surface area contributed by atoms with Gasteiger partial charge in [0.05, 0.1) is 5.69 Å². The molecule has 1 saturated heterocycles. The fourth-order valence-electron chi connectivity index (χ4n) is 3.33. The Labute approximate surface area is 123 Å². The van der Waals surface area contributed by atoms with Crippen molar-refractivity contribution in [2.75, 3.05) is 13.2 Å². The molecule has 0 bridgehead atoms. The van der Waals surface area contributed by atoms with Gasteiger partial charge in [0.1, 0.15) is 0 Å². The quantitative estimate of drug-likeness (QED) is 0.489. The van der Waals surface area contributed by atoms with E-state index in [2.05, 4.69) is 6.07 Å². The number of Topliss-reactive ketones (excluding diaryl/α,β-unsaturated/α-hetero) is 1. The molecule has 1 fully saturated rings. The lowest BCUT2D eigenvalue weighted by molar-refractivity contribution is -0.108. The Morgan fingerprint density at radius 1 is 1.25 bits per heavy atom. The van der Waals surface area contributed by atoms with Gasteiger partial charge >= 0.3 is 0 Å². The van der Waals surface area contributed by atoms with Gasteiger partial charge in [-0.2, -0.15) is 0 Å². The van der Waals surface area contributed by atoms with E-state index >= 15 is 0 Å². The zero-order chi connectivity index (χ0) is 14.1. The van der Waals surface area contributed by atoms with E-state index in [1.165, 1.54) is 5.69 Å². The number of nitrogens with zero attached hydrogens (tertiary/aromatic N) is 1. The molecule has 20 heavy (non-hydrogen) atoms. The van der Waals surface area contributed by atoms with Crippen LogP contribution in [-0.2, 0) is 22.5 Å². The van der Waals surface area contributed by atoms with Crippen molar-refractivity contribution < 1.29 is 14.3 Å². The van der Waals surface area contributed by atoms with Gasteiger partial charge in [-0.1, -0.05) is 0 Å². The van der Waals surface area contributed by atoms with Gasteiger partial charge in [-0.05, 0) is 61.3 Å². The highest BCUT2D eigenvalue weighted by Crippen LogP contribution is 2.34. The van der Waals surface area contributed by atoms with Gasteiger partial charge in [0, 0.05) is 25.5 Å². The van der Waals surface area contributed by atoms with Crippen LogP contribution in [0.4, 0.5) is 0 Å². The number of fused-ring (bicyclic) bond motifs is 1. The number of ether oxygens (including phenoxy) is 1. The van der Waals surface area contributed by atoms with Gasteiger partial charge in [-0.3, -0.25) is 9.59 Å². The number of ketones is 1. The predicted octanol–water partition coefficient (Wildman–Crippen LogP) is 2.67. The van der Waals surface area contributed by atoms with Crippen molar-refractivity contribution in [1.82, 2.24) is 4.57 Å². The Kier molecular flexibility index (Phi) is 3.94. The Morgan fingerprint density at radius 3 is 2.70 bits per heavy atom. The third-order valence-electron chi connectivity index (χ3n) is 4.33. The molecule has 0 unspecified atom stereocenters. The predicted molar refractivity (Wildman–Crippen MR) is 75.4 cm³/mol. The molecule has 0 saturated carbocycles. The van der Waals surface area contributed by atoms with Crippen LogP contribution >= 0.6 is 11.6 Å². The van der Waals surface area contributed by atoms with E-state index in [-0.39, 0.29) is 0 Å². The number of carbonyl (C=O) groups is 2. The van der Waals surface area contributed by atoms with Gasteiger partial charge in [0.15, 0.2) is 0 Å². The van der Waals surface area contributed by atoms with Crippen LogP contribution in [0.5, 0.6) is 0 Å². The number of rotatable bonds is 3. The first-order valence-corrected chi connectivity index (χ1v) is 7.60. The molecule has 0 spiro atoms. The van der Waals surface area contributed by atoms with E-state index < -0.39 is 11.0 Å². The summed E-state index contributed by atoms with van der Waals surface area (Å²) < 4.78 is 7.40. The fourth-order valence-corrected chi connectivity index (χ4v) is 3.42. The first-order chi connectivity index (χ1) is 9.68. The monoisotopic (exact) mass is 295 g/mol. The molecule has 5 heteroatoms. The summed E-state index contributed by atoms with van der Waals surface area (Å²) in [5.41, 5.74) is 2.70. The van der Waals surface area contributed by atoms with Crippen molar-refractivity contribution in [3.63, 3.8) is 0 Å². The van der Waals surface area contributed by atoms with Crippen LogP contribution in [0.15, 0.2) is 6.07 Å². The topological polar surface area (TPSA) is 48.3 Å². The lowest BCUT2D eigenvalue weighted by Gasteiger charge is -2.23. The molecule has 3 rings (SSSR count). The number of hydrogen-bond donors (Lipinski definition) is 0. The maximum absolute atomic E-state index is 12.2. The summed E-state index contributed by atoms with van der Waals surface area (Å²) in [6.07, 6.45) is 4.96. The van der Waals surface area contributed by atoms with Crippen LogP contribution in [0.3, 0.4) is 0 Å². The van der Waals surface area contributed by atoms with Crippen molar-refractivity contribution in [3.05, 3.63) is 23.0 Å². The SMILES string of the molecule is O=C(Cl)C(=O)c1c(C2CCOCC2)cc2n1CCCC2. The summed E-state index contributed by atoms with van der Waals surface area (Å²) in [6, 6.07) is 2.11. The number of halogens is 1. The molecule has 2 aliphatic heterocycles. The van der Waals surface area contributed by atoms with Gasteiger partial charge in [0.25, 0.3) is 11.0 Å². The molecule has 3 heterocycles. The van der Waals surface area contributed by atoms with Gasteiger partial charge in [-0.15, -0.1) is 0 Å². The minimum atomic E-state index is -0.884. The summed E-state index contributed by atoms with van der Waals surface area (Å²) in [7, 11) is 0. The summed E-state index contributed by atoms with van der Waals surface area (Å²) in [5.74, 6) is -0.252. The fraction of sp³-hybridized carbons (Fsp3) is 0.600. The average Bonchev–Trinajstić information content (AvgIpc) is 2.86. The Hall–Kier alpha value is -1.13. The van der Waals surface area contributed by atoms with E-state index in [9.17, 15) is 9.59 Å². The summed E-state index contributed by atoms with van der Waals surface area (Å²) >= 11 is 5.45. The second-order valence-corrected chi connectivity index (χ2v) is 5.88. The second kappa shape index (κ2) is 5.70. The van der Waals surface area contributed by atoms with Crippen molar-refractivity contribution in [2.24, 2.45) is 0 Å². The lowest BCUT2D eigenvalue weighted by atomic mass is 9.90. The molecule has 2 aliphatic rings. The maximum atomic E-state index is 12.2. The maximum Gasteiger partial charge on any atom is 0.294 e. The molecule has 0 aromatic carbocycles. The normalized spacial score (nSPS) is 19.6. The van der Waals surface area contributed by atoms with Crippen LogP contribution in [0.25, 0.3) is 0 Å².